The maximum atomic E-state index is 11.5. The second-order valence-corrected chi connectivity index (χ2v) is 5.02. The van der Waals surface area contributed by atoms with Gasteiger partial charge in [-0.2, -0.15) is 0 Å². The molecule has 0 radical (unpaired) electrons. The van der Waals surface area contributed by atoms with Gasteiger partial charge >= 0.3 is 18.0 Å². The Labute approximate surface area is 123 Å². The smallest absolute Gasteiger partial charge is 0.326 e. The summed E-state index contributed by atoms with van der Waals surface area (Å²) >= 11 is 0. The third-order valence-electron chi connectivity index (χ3n) is 2.62. The minimum atomic E-state index is -1.26. The van der Waals surface area contributed by atoms with Crippen LogP contribution in [0.15, 0.2) is 0 Å². The lowest BCUT2D eigenvalue weighted by Crippen LogP contribution is -2.46. The van der Waals surface area contributed by atoms with Gasteiger partial charge < -0.3 is 25.6 Å². The van der Waals surface area contributed by atoms with Gasteiger partial charge in [0.15, 0.2) is 0 Å². The molecule has 0 unspecified atom stereocenters. The van der Waals surface area contributed by atoms with Gasteiger partial charge in [-0.25, -0.2) is 9.59 Å². The van der Waals surface area contributed by atoms with Gasteiger partial charge in [0.2, 0.25) is 0 Å². The lowest BCUT2D eigenvalue weighted by atomic mass is 10.1. The van der Waals surface area contributed by atoms with Crippen molar-refractivity contribution in [2.24, 2.45) is 5.92 Å². The Balaban J connectivity index is 3.83. The summed E-state index contributed by atoms with van der Waals surface area (Å²) in [6.07, 6.45) is 0.445. The van der Waals surface area contributed by atoms with Gasteiger partial charge in [0.25, 0.3) is 0 Å². The highest BCUT2D eigenvalue weighted by Crippen LogP contribution is 1.99. The first-order valence-corrected chi connectivity index (χ1v) is 6.89. The van der Waals surface area contributed by atoms with Gasteiger partial charge in [-0.1, -0.05) is 13.8 Å². The molecule has 21 heavy (non-hydrogen) atoms. The summed E-state index contributed by atoms with van der Waals surface area (Å²) in [7, 11) is 0. The lowest BCUT2D eigenvalue weighted by molar-refractivity contribution is -0.140. The zero-order valence-corrected chi connectivity index (χ0v) is 12.4. The van der Waals surface area contributed by atoms with Crippen molar-refractivity contribution in [3.63, 3.8) is 0 Å². The van der Waals surface area contributed by atoms with Gasteiger partial charge in [-0.3, -0.25) is 4.79 Å². The first kappa shape index (κ1) is 19.2. The van der Waals surface area contributed by atoms with Crippen molar-refractivity contribution in [1.82, 2.24) is 10.6 Å². The number of urea groups is 1. The SMILES string of the molecule is CC(C)CCOCCNC(=O)N[C@@H](CCC(=O)O)C(=O)O. The summed E-state index contributed by atoms with van der Waals surface area (Å²) in [5.41, 5.74) is 0. The Kier molecular flexibility index (Phi) is 9.95. The van der Waals surface area contributed by atoms with Crippen molar-refractivity contribution in [2.45, 2.75) is 39.2 Å². The first-order chi connectivity index (χ1) is 9.82. The van der Waals surface area contributed by atoms with E-state index in [9.17, 15) is 14.4 Å². The van der Waals surface area contributed by atoms with Crippen LogP contribution in [-0.2, 0) is 14.3 Å². The summed E-state index contributed by atoms with van der Waals surface area (Å²) in [5.74, 6) is -1.83. The Morgan fingerprint density at radius 3 is 2.29 bits per heavy atom. The van der Waals surface area contributed by atoms with E-state index < -0.39 is 24.0 Å². The van der Waals surface area contributed by atoms with Gasteiger partial charge in [-0.05, 0) is 18.8 Å². The monoisotopic (exact) mass is 304 g/mol. The van der Waals surface area contributed by atoms with E-state index in [0.717, 1.165) is 6.42 Å². The largest absolute Gasteiger partial charge is 0.481 e. The molecule has 2 amide bonds. The summed E-state index contributed by atoms with van der Waals surface area (Å²) in [6, 6.07) is -1.87. The maximum absolute atomic E-state index is 11.5. The van der Waals surface area contributed by atoms with E-state index in [-0.39, 0.29) is 19.4 Å². The fourth-order valence-electron chi connectivity index (χ4n) is 1.39. The Bertz CT molecular complexity index is 346. The second-order valence-electron chi connectivity index (χ2n) is 5.02. The van der Waals surface area contributed by atoms with E-state index in [1.54, 1.807) is 0 Å². The highest BCUT2D eigenvalue weighted by atomic mass is 16.5. The van der Waals surface area contributed by atoms with Gasteiger partial charge in [0.1, 0.15) is 6.04 Å². The minimum Gasteiger partial charge on any atom is -0.481 e. The maximum Gasteiger partial charge on any atom is 0.326 e. The average molecular weight is 304 g/mol. The number of hydrogen-bond acceptors (Lipinski definition) is 4. The van der Waals surface area contributed by atoms with Gasteiger partial charge in [0, 0.05) is 19.6 Å². The van der Waals surface area contributed by atoms with Crippen LogP contribution in [0.3, 0.4) is 0 Å². The molecule has 0 aromatic carbocycles. The van der Waals surface area contributed by atoms with Crippen LogP contribution >= 0.6 is 0 Å². The number of amides is 2. The molecule has 0 aliphatic heterocycles. The molecule has 0 aromatic heterocycles. The van der Waals surface area contributed by atoms with Crippen LogP contribution in [-0.4, -0.2) is 54.0 Å². The summed E-state index contributed by atoms with van der Waals surface area (Å²) in [6.45, 7) is 5.37. The lowest BCUT2D eigenvalue weighted by Gasteiger charge is -2.14. The van der Waals surface area contributed by atoms with Crippen LogP contribution in [0.5, 0.6) is 0 Å². The molecule has 0 fully saturated rings. The number of carboxylic acid groups (broad SMARTS) is 2. The van der Waals surface area contributed by atoms with Crippen LogP contribution in [0, 0.1) is 5.92 Å². The molecule has 8 nitrogen and oxygen atoms in total. The third kappa shape index (κ3) is 11.7. The average Bonchev–Trinajstić information content (AvgIpc) is 2.37. The Hall–Kier alpha value is -1.83. The topological polar surface area (TPSA) is 125 Å². The van der Waals surface area contributed by atoms with E-state index in [4.69, 9.17) is 14.9 Å². The van der Waals surface area contributed by atoms with Crippen molar-refractivity contribution in [1.29, 1.82) is 0 Å². The standard InChI is InChI=1S/C13H24N2O6/c1-9(2)5-7-21-8-6-14-13(20)15-10(12(18)19)3-4-11(16)17/h9-10H,3-8H2,1-2H3,(H,16,17)(H,18,19)(H2,14,15,20)/t10-/m0/s1. The van der Waals surface area contributed by atoms with Gasteiger partial charge in [-0.15, -0.1) is 0 Å². The fourth-order valence-corrected chi connectivity index (χ4v) is 1.39. The first-order valence-electron chi connectivity index (χ1n) is 6.89. The molecule has 0 aliphatic carbocycles. The molecule has 0 spiro atoms. The van der Waals surface area contributed by atoms with Crippen LogP contribution < -0.4 is 10.6 Å². The van der Waals surface area contributed by atoms with Crippen LogP contribution in [0.4, 0.5) is 4.79 Å². The Morgan fingerprint density at radius 2 is 1.76 bits per heavy atom. The number of aliphatic carboxylic acids is 2. The minimum absolute atomic E-state index is 0.164. The normalized spacial score (nSPS) is 12.0. The van der Waals surface area contributed by atoms with E-state index in [1.165, 1.54) is 0 Å². The molecule has 0 saturated carbocycles. The summed E-state index contributed by atoms with van der Waals surface area (Å²) < 4.78 is 5.29. The number of hydrogen-bond donors (Lipinski definition) is 4. The van der Waals surface area contributed by atoms with E-state index in [1.807, 2.05) is 0 Å². The molecule has 0 rings (SSSR count). The molecule has 0 bridgehead atoms. The van der Waals surface area contributed by atoms with Crippen molar-refractivity contribution in [3.8, 4) is 0 Å². The molecule has 122 valence electrons. The van der Waals surface area contributed by atoms with E-state index in [0.29, 0.717) is 19.1 Å². The van der Waals surface area contributed by atoms with Gasteiger partial charge in [0.05, 0.1) is 6.61 Å². The van der Waals surface area contributed by atoms with Crippen LogP contribution in [0.2, 0.25) is 0 Å². The number of carbonyl (C=O) groups excluding carboxylic acids is 1. The van der Waals surface area contributed by atoms with E-state index >= 15 is 0 Å². The molecule has 0 aromatic rings. The second kappa shape index (κ2) is 10.9. The van der Waals surface area contributed by atoms with Crippen molar-refractivity contribution in [2.75, 3.05) is 19.8 Å². The number of nitrogens with one attached hydrogen (secondary N) is 2. The third-order valence-corrected chi connectivity index (χ3v) is 2.62. The highest BCUT2D eigenvalue weighted by Gasteiger charge is 2.20. The number of ether oxygens (including phenoxy) is 1. The number of carbonyl (C=O) groups is 3. The molecule has 8 heteroatoms. The van der Waals surface area contributed by atoms with Crippen molar-refractivity contribution < 1.29 is 29.3 Å². The quantitative estimate of drug-likeness (QED) is 0.416. The molecule has 0 heterocycles. The number of carboxylic acids is 2. The predicted octanol–water partition coefficient (Wildman–Crippen LogP) is 0.666. The Morgan fingerprint density at radius 1 is 1.10 bits per heavy atom. The zero-order chi connectivity index (χ0) is 16.3. The summed E-state index contributed by atoms with van der Waals surface area (Å²) in [4.78, 5) is 32.7. The fraction of sp³-hybridized carbons (Fsp3) is 0.769. The molecule has 4 N–H and O–H groups in total. The van der Waals surface area contributed by atoms with Crippen LogP contribution in [0.1, 0.15) is 33.1 Å². The van der Waals surface area contributed by atoms with Crippen molar-refractivity contribution >= 4 is 18.0 Å². The number of rotatable bonds is 11. The molecular weight excluding hydrogens is 280 g/mol. The molecule has 0 saturated heterocycles. The predicted molar refractivity (Wildman–Crippen MR) is 75.1 cm³/mol. The van der Waals surface area contributed by atoms with Crippen molar-refractivity contribution in [3.05, 3.63) is 0 Å². The molecule has 0 aliphatic rings. The van der Waals surface area contributed by atoms with Crippen LogP contribution in [0.25, 0.3) is 0 Å². The summed E-state index contributed by atoms with van der Waals surface area (Å²) in [5, 5.41) is 22.0. The molecule has 1 atom stereocenters. The zero-order valence-electron chi connectivity index (χ0n) is 12.4. The highest BCUT2D eigenvalue weighted by molar-refractivity contribution is 5.82. The van der Waals surface area contributed by atoms with E-state index in [2.05, 4.69) is 24.5 Å². The molecular formula is C13H24N2O6.